The molecule has 2 aliphatic rings. The van der Waals surface area contributed by atoms with Crippen molar-refractivity contribution in [2.45, 2.75) is 69.9 Å². The predicted molar refractivity (Wildman–Crippen MR) is 62.8 cm³/mol. The monoisotopic (exact) mass is 211 g/mol. The van der Waals surface area contributed by atoms with Crippen molar-refractivity contribution in [1.82, 2.24) is 0 Å². The lowest BCUT2D eigenvalue weighted by molar-refractivity contribution is -0.104. The first-order chi connectivity index (χ1) is 7.08. The molecule has 1 aliphatic carbocycles. The molecule has 1 saturated heterocycles. The van der Waals surface area contributed by atoms with E-state index in [2.05, 4.69) is 13.8 Å². The summed E-state index contributed by atoms with van der Waals surface area (Å²) in [4.78, 5) is 0. The van der Waals surface area contributed by atoms with E-state index >= 15 is 0 Å². The molecule has 2 N–H and O–H groups in total. The molecule has 2 unspecified atom stereocenters. The largest absolute Gasteiger partial charge is 0.375 e. The first kappa shape index (κ1) is 11.4. The Morgan fingerprint density at radius 1 is 1.40 bits per heavy atom. The number of ether oxygens (including phenoxy) is 1. The van der Waals surface area contributed by atoms with E-state index in [0.717, 1.165) is 19.4 Å². The van der Waals surface area contributed by atoms with Gasteiger partial charge >= 0.3 is 0 Å². The van der Waals surface area contributed by atoms with Gasteiger partial charge in [-0.25, -0.2) is 0 Å². The second-order valence-corrected chi connectivity index (χ2v) is 5.79. The maximum Gasteiger partial charge on any atom is 0.0685 e. The van der Waals surface area contributed by atoms with Gasteiger partial charge < -0.3 is 10.5 Å². The summed E-state index contributed by atoms with van der Waals surface area (Å²) in [7, 11) is 0. The molecular formula is C13H25NO. The minimum atomic E-state index is 0.0133. The summed E-state index contributed by atoms with van der Waals surface area (Å²) in [5, 5.41) is 0. The van der Waals surface area contributed by atoms with E-state index in [-0.39, 0.29) is 11.1 Å². The van der Waals surface area contributed by atoms with Gasteiger partial charge in [0, 0.05) is 12.1 Å². The van der Waals surface area contributed by atoms with Crippen molar-refractivity contribution in [1.29, 1.82) is 0 Å². The van der Waals surface area contributed by atoms with E-state index in [1.807, 2.05) is 0 Å². The lowest BCUT2D eigenvalue weighted by atomic mass is 9.73. The fourth-order valence-electron chi connectivity index (χ4n) is 3.25. The number of hydrogen-bond acceptors (Lipinski definition) is 2. The number of nitrogens with two attached hydrogens (primary N) is 1. The van der Waals surface area contributed by atoms with Crippen LogP contribution in [0.2, 0.25) is 0 Å². The summed E-state index contributed by atoms with van der Waals surface area (Å²) >= 11 is 0. The minimum Gasteiger partial charge on any atom is -0.375 e. The molecule has 2 atom stereocenters. The van der Waals surface area contributed by atoms with E-state index < -0.39 is 0 Å². The van der Waals surface area contributed by atoms with Crippen LogP contribution in [0.25, 0.3) is 0 Å². The van der Waals surface area contributed by atoms with Crippen molar-refractivity contribution in [2.75, 3.05) is 6.61 Å². The third kappa shape index (κ3) is 2.21. The molecule has 1 heterocycles. The molecule has 0 aromatic rings. The maximum atomic E-state index is 6.39. The zero-order valence-corrected chi connectivity index (χ0v) is 10.2. The van der Waals surface area contributed by atoms with Crippen LogP contribution in [0.1, 0.15) is 58.8 Å². The summed E-state index contributed by atoms with van der Waals surface area (Å²) in [6, 6.07) is 0. The molecule has 15 heavy (non-hydrogen) atoms. The normalized spacial score (nSPS) is 34.2. The number of rotatable bonds is 2. The van der Waals surface area contributed by atoms with Crippen molar-refractivity contribution in [3.63, 3.8) is 0 Å². The molecule has 2 heteroatoms. The molecule has 0 aromatic carbocycles. The summed E-state index contributed by atoms with van der Waals surface area (Å²) in [5.74, 6) is 0.661. The van der Waals surface area contributed by atoms with E-state index in [4.69, 9.17) is 10.5 Å². The lowest BCUT2D eigenvalue weighted by Gasteiger charge is -2.44. The summed E-state index contributed by atoms with van der Waals surface area (Å²) < 4.78 is 6.04. The van der Waals surface area contributed by atoms with Crippen LogP contribution < -0.4 is 5.73 Å². The van der Waals surface area contributed by atoms with Gasteiger partial charge in [-0.3, -0.25) is 0 Å². The SMILES string of the molecule is CCC(C)(N)C1CCOC2(CCCC2)C1. The van der Waals surface area contributed by atoms with Gasteiger partial charge in [-0.05, 0) is 44.9 Å². The summed E-state index contributed by atoms with van der Waals surface area (Å²) in [6.45, 7) is 5.35. The van der Waals surface area contributed by atoms with Gasteiger partial charge in [0.2, 0.25) is 0 Å². The molecule has 0 radical (unpaired) electrons. The van der Waals surface area contributed by atoms with Crippen LogP contribution in [-0.4, -0.2) is 17.7 Å². The summed E-state index contributed by atoms with van der Waals surface area (Å²) in [5.41, 5.74) is 6.62. The van der Waals surface area contributed by atoms with Crippen molar-refractivity contribution in [3.8, 4) is 0 Å². The molecule has 2 rings (SSSR count). The number of hydrogen-bond donors (Lipinski definition) is 1. The van der Waals surface area contributed by atoms with Crippen molar-refractivity contribution >= 4 is 0 Å². The molecule has 0 bridgehead atoms. The molecule has 0 aromatic heterocycles. The Balaban J connectivity index is 2.03. The smallest absolute Gasteiger partial charge is 0.0685 e. The zero-order valence-electron chi connectivity index (χ0n) is 10.2. The maximum absolute atomic E-state index is 6.39. The molecule has 88 valence electrons. The fourth-order valence-corrected chi connectivity index (χ4v) is 3.25. The standard InChI is InChI=1S/C13H25NO/c1-3-12(2,14)11-6-9-15-13(10-11)7-4-5-8-13/h11H,3-10,14H2,1-2H3. The third-order valence-electron chi connectivity index (χ3n) is 4.70. The highest BCUT2D eigenvalue weighted by atomic mass is 16.5. The first-order valence-electron chi connectivity index (χ1n) is 6.51. The van der Waals surface area contributed by atoms with Crippen LogP contribution in [0.5, 0.6) is 0 Å². The lowest BCUT2D eigenvalue weighted by Crippen LogP contribution is -2.50. The predicted octanol–water partition coefficient (Wildman–Crippen LogP) is 2.85. The van der Waals surface area contributed by atoms with Gasteiger partial charge in [-0.1, -0.05) is 19.8 Å². The average Bonchev–Trinajstić information content (AvgIpc) is 2.66. The second kappa shape index (κ2) is 4.06. The Hall–Kier alpha value is -0.0800. The van der Waals surface area contributed by atoms with E-state index in [9.17, 15) is 0 Å². The van der Waals surface area contributed by atoms with Crippen molar-refractivity contribution in [3.05, 3.63) is 0 Å². The van der Waals surface area contributed by atoms with Gasteiger partial charge in [0.1, 0.15) is 0 Å². The van der Waals surface area contributed by atoms with Crippen LogP contribution in [0, 0.1) is 5.92 Å². The molecule has 1 aliphatic heterocycles. The quantitative estimate of drug-likeness (QED) is 0.762. The Labute approximate surface area is 93.6 Å². The Morgan fingerprint density at radius 2 is 2.07 bits per heavy atom. The van der Waals surface area contributed by atoms with Crippen LogP contribution in [0.3, 0.4) is 0 Å². The van der Waals surface area contributed by atoms with Gasteiger partial charge in [0.05, 0.1) is 5.60 Å². The summed E-state index contributed by atoms with van der Waals surface area (Å²) in [6.07, 6.45) is 8.66. The van der Waals surface area contributed by atoms with Crippen LogP contribution in [0.15, 0.2) is 0 Å². The molecular weight excluding hydrogens is 186 g/mol. The van der Waals surface area contributed by atoms with Gasteiger partial charge in [-0.2, -0.15) is 0 Å². The Morgan fingerprint density at radius 3 is 2.67 bits per heavy atom. The topological polar surface area (TPSA) is 35.2 Å². The highest BCUT2D eigenvalue weighted by molar-refractivity contribution is 4.97. The van der Waals surface area contributed by atoms with Gasteiger partial charge in [0.25, 0.3) is 0 Å². The van der Waals surface area contributed by atoms with Gasteiger partial charge in [0.15, 0.2) is 0 Å². The highest BCUT2D eigenvalue weighted by Gasteiger charge is 2.43. The van der Waals surface area contributed by atoms with Crippen LogP contribution in [-0.2, 0) is 4.74 Å². The van der Waals surface area contributed by atoms with Crippen molar-refractivity contribution < 1.29 is 4.74 Å². The minimum absolute atomic E-state index is 0.0133. The fraction of sp³-hybridized carbons (Fsp3) is 1.00. The van der Waals surface area contributed by atoms with Crippen molar-refractivity contribution in [2.24, 2.45) is 11.7 Å². The second-order valence-electron chi connectivity index (χ2n) is 5.79. The Bertz CT molecular complexity index is 219. The van der Waals surface area contributed by atoms with E-state index in [1.54, 1.807) is 0 Å². The molecule has 2 nitrogen and oxygen atoms in total. The van der Waals surface area contributed by atoms with Crippen LogP contribution >= 0.6 is 0 Å². The Kier molecular flexibility index (Phi) is 3.09. The van der Waals surface area contributed by atoms with E-state index in [1.165, 1.54) is 32.1 Å². The zero-order chi connectivity index (χ0) is 10.9. The molecule has 0 amide bonds. The average molecular weight is 211 g/mol. The van der Waals surface area contributed by atoms with Crippen LogP contribution in [0.4, 0.5) is 0 Å². The molecule has 2 fully saturated rings. The third-order valence-corrected chi connectivity index (χ3v) is 4.70. The molecule has 1 saturated carbocycles. The highest BCUT2D eigenvalue weighted by Crippen LogP contribution is 2.44. The van der Waals surface area contributed by atoms with E-state index in [0.29, 0.717) is 5.92 Å². The molecule has 1 spiro atoms. The van der Waals surface area contributed by atoms with Gasteiger partial charge in [-0.15, -0.1) is 0 Å². The first-order valence-corrected chi connectivity index (χ1v) is 6.51.